The normalized spacial score (nSPS) is 12.8. The number of nitrogens with one attached hydrogen (secondary N) is 1. The summed E-state index contributed by atoms with van der Waals surface area (Å²) in [6.07, 6.45) is 0. The van der Waals surface area contributed by atoms with Crippen molar-refractivity contribution in [3.05, 3.63) is 76.5 Å². The van der Waals surface area contributed by atoms with Gasteiger partial charge in [0.1, 0.15) is 25.6 Å². The summed E-state index contributed by atoms with van der Waals surface area (Å²) in [4.78, 5) is 12.6. The third kappa shape index (κ3) is 5.16. The molecule has 0 fully saturated rings. The fourth-order valence-corrected chi connectivity index (χ4v) is 4.87. The number of sulfonamides is 1. The van der Waals surface area contributed by atoms with E-state index in [9.17, 15) is 17.6 Å². The van der Waals surface area contributed by atoms with E-state index in [-0.39, 0.29) is 28.0 Å². The SMILES string of the molecule is O=C(CN(c1ccc(F)cc1)S(=O)(=O)c1ccc2c(c1)OCCO2)Nc1ccc(Cl)c(Cl)c1. The molecule has 0 aliphatic carbocycles. The van der Waals surface area contributed by atoms with Crippen molar-refractivity contribution in [1.82, 2.24) is 0 Å². The summed E-state index contributed by atoms with van der Waals surface area (Å²) in [5, 5.41) is 3.13. The maximum absolute atomic E-state index is 13.5. The molecule has 7 nitrogen and oxygen atoms in total. The van der Waals surface area contributed by atoms with Crippen molar-refractivity contribution in [2.45, 2.75) is 4.90 Å². The van der Waals surface area contributed by atoms with E-state index < -0.39 is 28.3 Å². The number of halogens is 3. The minimum absolute atomic E-state index is 0.107. The number of ether oxygens (including phenoxy) is 2. The van der Waals surface area contributed by atoms with Gasteiger partial charge in [0.25, 0.3) is 10.0 Å². The number of carbonyl (C=O) groups is 1. The van der Waals surface area contributed by atoms with Gasteiger partial charge in [-0.25, -0.2) is 12.8 Å². The number of amides is 1. The Kier molecular flexibility index (Phi) is 6.64. The first kappa shape index (κ1) is 23.2. The Labute approximate surface area is 199 Å². The van der Waals surface area contributed by atoms with Crippen molar-refractivity contribution in [2.24, 2.45) is 0 Å². The van der Waals surface area contributed by atoms with Crippen LogP contribution in [0.1, 0.15) is 0 Å². The van der Waals surface area contributed by atoms with Crippen molar-refractivity contribution in [2.75, 3.05) is 29.4 Å². The molecule has 0 saturated heterocycles. The van der Waals surface area contributed by atoms with Gasteiger partial charge in [0.2, 0.25) is 5.91 Å². The molecule has 0 unspecified atom stereocenters. The van der Waals surface area contributed by atoms with Gasteiger partial charge in [0.05, 0.1) is 20.6 Å². The Hall–Kier alpha value is -3.01. The second kappa shape index (κ2) is 9.46. The first-order chi connectivity index (χ1) is 15.7. The van der Waals surface area contributed by atoms with Gasteiger partial charge in [-0.15, -0.1) is 0 Å². The van der Waals surface area contributed by atoms with Crippen molar-refractivity contribution >= 4 is 50.5 Å². The highest BCUT2D eigenvalue weighted by Gasteiger charge is 2.29. The molecule has 3 aromatic rings. The van der Waals surface area contributed by atoms with Crippen LogP contribution < -0.4 is 19.1 Å². The summed E-state index contributed by atoms with van der Waals surface area (Å²) in [5.41, 5.74) is 0.445. The van der Waals surface area contributed by atoms with Crippen LogP contribution in [0.3, 0.4) is 0 Å². The Bertz CT molecular complexity index is 1300. The second-order valence-electron chi connectivity index (χ2n) is 6.97. The average molecular weight is 511 g/mol. The summed E-state index contributed by atoms with van der Waals surface area (Å²) in [6, 6.07) is 13.4. The minimum Gasteiger partial charge on any atom is -0.486 e. The smallest absolute Gasteiger partial charge is 0.264 e. The lowest BCUT2D eigenvalue weighted by Gasteiger charge is -2.25. The fourth-order valence-electron chi connectivity index (χ4n) is 3.14. The molecule has 0 aromatic heterocycles. The first-order valence-corrected chi connectivity index (χ1v) is 11.9. The molecule has 1 heterocycles. The van der Waals surface area contributed by atoms with Gasteiger partial charge < -0.3 is 14.8 Å². The molecule has 1 aliphatic heterocycles. The molecule has 11 heteroatoms. The van der Waals surface area contributed by atoms with E-state index in [0.29, 0.717) is 23.1 Å². The zero-order chi connectivity index (χ0) is 23.6. The highest BCUT2D eigenvalue weighted by Crippen LogP contribution is 2.34. The molecule has 33 heavy (non-hydrogen) atoms. The van der Waals surface area contributed by atoms with Gasteiger partial charge in [-0.2, -0.15) is 0 Å². The first-order valence-electron chi connectivity index (χ1n) is 9.67. The standard InChI is InChI=1S/C22H17Cl2FN2O5S/c23-18-7-3-15(11-19(18)24)26-22(28)13-27(16-4-1-14(25)2-5-16)33(29,30)17-6-8-20-21(12-17)32-10-9-31-20/h1-8,11-12H,9-10,13H2,(H,26,28). The zero-order valence-corrected chi connectivity index (χ0v) is 19.3. The fraction of sp³-hybridized carbons (Fsp3) is 0.136. The largest absolute Gasteiger partial charge is 0.486 e. The molecule has 0 radical (unpaired) electrons. The molecule has 0 atom stereocenters. The number of nitrogens with zero attached hydrogens (tertiary/aromatic N) is 1. The van der Waals surface area contributed by atoms with E-state index in [1.807, 2.05) is 0 Å². The predicted molar refractivity (Wildman–Crippen MR) is 123 cm³/mol. The van der Waals surface area contributed by atoms with Crippen LogP contribution >= 0.6 is 23.2 Å². The van der Waals surface area contributed by atoms with Crippen LogP contribution in [0.25, 0.3) is 0 Å². The minimum atomic E-state index is -4.24. The Morgan fingerprint density at radius 1 is 0.939 bits per heavy atom. The van der Waals surface area contributed by atoms with Crippen LogP contribution in [-0.2, 0) is 14.8 Å². The summed E-state index contributed by atoms with van der Waals surface area (Å²) < 4.78 is 52.3. The summed E-state index contributed by atoms with van der Waals surface area (Å²) in [6.45, 7) is 0.0581. The lowest BCUT2D eigenvalue weighted by Crippen LogP contribution is -2.38. The van der Waals surface area contributed by atoms with Gasteiger partial charge in [0, 0.05) is 11.8 Å². The van der Waals surface area contributed by atoms with Gasteiger partial charge in [-0.1, -0.05) is 23.2 Å². The van der Waals surface area contributed by atoms with E-state index in [2.05, 4.69) is 5.32 Å². The number of hydrogen-bond donors (Lipinski definition) is 1. The number of anilines is 2. The maximum Gasteiger partial charge on any atom is 0.264 e. The third-order valence-electron chi connectivity index (χ3n) is 4.71. The molecular weight excluding hydrogens is 494 g/mol. The molecule has 0 saturated carbocycles. The van der Waals surface area contributed by atoms with Gasteiger partial charge in [0.15, 0.2) is 11.5 Å². The summed E-state index contributed by atoms with van der Waals surface area (Å²) in [7, 11) is -4.24. The predicted octanol–water partition coefficient (Wildman–Crippen LogP) is 4.74. The average Bonchev–Trinajstić information content (AvgIpc) is 2.80. The molecular formula is C22H17Cl2FN2O5S. The van der Waals surface area contributed by atoms with Crippen LogP contribution in [0.5, 0.6) is 11.5 Å². The highest BCUT2D eigenvalue weighted by atomic mass is 35.5. The number of carbonyl (C=O) groups excluding carboxylic acids is 1. The van der Waals surface area contributed by atoms with Crippen LogP contribution in [-0.4, -0.2) is 34.1 Å². The zero-order valence-electron chi connectivity index (χ0n) is 16.9. The van der Waals surface area contributed by atoms with Gasteiger partial charge in [-0.3, -0.25) is 9.10 Å². The molecule has 172 valence electrons. The Morgan fingerprint density at radius 3 is 2.33 bits per heavy atom. The Morgan fingerprint density at radius 2 is 1.64 bits per heavy atom. The van der Waals surface area contributed by atoms with Crippen molar-refractivity contribution in [3.63, 3.8) is 0 Å². The van der Waals surface area contributed by atoms with Gasteiger partial charge in [-0.05, 0) is 54.6 Å². The van der Waals surface area contributed by atoms with E-state index in [4.69, 9.17) is 32.7 Å². The van der Waals surface area contributed by atoms with E-state index in [0.717, 1.165) is 16.4 Å². The third-order valence-corrected chi connectivity index (χ3v) is 7.22. The lowest BCUT2D eigenvalue weighted by molar-refractivity contribution is -0.114. The number of rotatable bonds is 6. The second-order valence-corrected chi connectivity index (χ2v) is 9.65. The topological polar surface area (TPSA) is 84.9 Å². The van der Waals surface area contributed by atoms with E-state index in [1.165, 1.54) is 48.5 Å². The highest BCUT2D eigenvalue weighted by molar-refractivity contribution is 7.92. The van der Waals surface area contributed by atoms with Crippen LogP contribution in [0.2, 0.25) is 10.0 Å². The molecule has 4 rings (SSSR count). The maximum atomic E-state index is 13.5. The van der Waals surface area contributed by atoms with Crippen LogP contribution in [0.4, 0.5) is 15.8 Å². The molecule has 1 aliphatic rings. The van der Waals surface area contributed by atoms with Crippen LogP contribution in [0, 0.1) is 5.82 Å². The number of benzene rings is 3. The Balaban J connectivity index is 1.66. The van der Waals surface area contributed by atoms with Crippen LogP contribution in [0.15, 0.2) is 65.6 Å². The molecule has 1 amide bonds. The molecule has 0 spiro atoms. The molecule has 0 bridgehead atoms. The van der Waals surface area contributed by atoms with Crippen molar-refractivity contribution < 1.29 is 27.1 Å². The van der Waals surface area contributed by atoms with E-state index >= 15 is 0 Å². The summed E-state index contributed by atoms with van der Waals surface area (Å²) >= 11 is 11.9. The molecule has 1 N–H and O–H groups in total. The lowest BCUT2D eigenvalue weighted by atomic mass is 10.3. The monoisotopic (exact) mass is 510 g/mol. The molecule has 3 aromatic carbocycles. The number of fused-ring (bicyclic) bond motifs is 1. The van der Waals surface area contributed by atoms with Gasteiger partial charge >= 0.3 is 0 Å². The van der Waals surface area contributed by atoms with Crippen molar-refractivity contribution in [1.29, 1.82) is 0 Å². The summed E-state index contributed by atoms with van der Waals surface area (Å²) in [5.74, 6) is -0.484. The van der Waals surface area contributed by atoms with E-state index in [1.54, 1.807) is 0 Å². The number of hydrogen-bond acceptors (Lipinski definition) is 5. The quantitative estimate of drug-likeness (QED) is 0.517. The van der Waals surface area contributed by atoms with Crippen molar-refractivity contribution in [3.8, 4) is 11.5 Å².